The smallest absolute Gasteiger partial charge is 0.239 e. The van der Waals surface area contributed by atoms with Crippen LogP contribution in [0.4, 0.5) is 19.1 Å². The van der Waals surface area contributed by atoms with Crippen LogP contribution >= 0.6 is 0 Å². The molecule has 19 heavy (non-hydrogen) atoms. The normalized spacial score (nSPS) is 18.4. The van der Waals surface area contributed by atoms with E-state index in [1.807, 2.05) is 0 Å². The van der Waals surface area contributed by atoms with Gasteiger partial charge in [-0.15, -0.1) is 5.10 Å². The summed E-state index contributed by atoms with van der Waals surface area (Å²) in [6.45, 7) is 0. The SMILES string of the molecule is Nc1nc2n(n1)C(c1cc(F)c(F)c(F)c1)CCC2. The molecule has 7 heteroatoms. The van der Waals surface area contributed by atoms with Crippen molar-refractivity contribution in [2.75, 3.05) is 5.73 Å². The van der Waals surface area contributed by atoms with Gasteiger partial charge in [0.2, 0.25) is 5.95 Å². The van der Waals surface area contributed by atoms with E-state index in [4.69, 9.17) is 5.73 Å². The van der Waals surface area contributed by atoms with Gasteiger partial charge >= 0.3 is 0 Å². The van der Waals surface area contributed by atoms with E-state index in [1.165, 1.54) is 0 Å². The summed E-state index contributed by atoms with van der Waals surface area (Å²) in [5.74, 6) is -3.05. The molecule has 3 rings (SSSR count). The lowest BCUT2D eigenvalue weighted by Crippen LogP contribution is -2.20. The van der Waals surface area contributed by atoms with Gasteiger partial charge in [-0.1, -0.05) is 0 Å². The quantitative estimate of drug-likeness (QED) is 0.807. The second-order valence-corrected chi connectivity index (χ2v) is 4.54. The monoisotopic (exact) mass is 268 g/mol. The molecule has 0 saturated carbocycles. The molecular formula is C12H11F3N4. The minimum atomic E-state index is -1.46. The average Bonchev–Trinajstić information content (AvgIpc) is 2.75. The maximum Gasteiger partial charge on any atom is 0.239 e. The van der Waals surface area contributed by atoms with Crippen LogP contribution in [0.15, 0.2) is 12.1 Å². The molecule has 2 N–H and O–H groups in total. The number of hydrogen-bond donors (Lipinski definition) is 1. The van der Waals surface area contributed by atoms with Crippen LogP contribution in [-0.2, 0) is 6.42 Å². The first-order valence-electron chi connectivity index (χ1n) is 5.91. The molecule has 1 aromatic carbocycles. The van der Waals surface area contributed by atoms with E-state index >= 15 is 0 Å². The Kier molecular flexibility index (Phi) is 2.69. The Balaban J connectivity index is 2.08. The lowest BCUT2D eigenvalue weighted by atomic mass is 9.97. The number of fused-ring (bicyclic) bond motifs is 1. The Morgan fingerprint density at radius 1 is 1.21 bits per heavy atom. The fourth-order valence-electron chi connectivity index (χ4n) is 2.45. The molecule has 2 heterocycles. The van der Waals surface area contributed by atoms with Gasteiger partial charge in [-0.25, -0.2) is 17.9 Å². The molecule has 0 radical (unpaired) electrons. The van der Waals surface area contributed by atoms with Crippen LogP contribution in [0.1, 0.15) is 30.3 Å². The molecule has 1 aliphatic rings. The van der Waals surface area contributed by atoms with Crippen molar-refractivity contribution in [2.24, 2.45) is 0 Å². The van der Waals surface area contributed by atoms with E-state index in [0.29, 0.717) is 24.2 Å². The predicted molar refractivity (Wildman–Crippen MR) is 61.8 cm³/mol. The molecule has 0 aliphatic carbocycles. The highest BCUT2D eigenvalue weighted by molar-refractivity contribution is 5.26. The van der Waals surface area contributed by atoms with Crippen LogP contribution in [0.2, 0.25) is 0 Å². The second kappa shape index (κ2) is 4.25. The molecule has 4 nitrogen and oxygen atoms in total. The number of nitrogens with zero attached hydrogens (tertiary/aromatic N) is 3. The van der Waals surface area contributed by atoms with Gasteiger partial charge in [-0.05, 0) is 30.5 Å². The Labute approximate surface area is 107 Å². The Morgan fingerprint density at radius 2 is 1.89 bits per heavy atom. The van der Waals surface area contributed by atoms with Crippen LogP contribution < -0.4 is 5.73 Å². The Morgan fingerprint density at radius 3 is 2.58 bits per heavy atom. The zero-order valence-corrected chi connectivity index (χ0v) is 9.91. The number of halogens is 3. The summed E-state index contributed by atoms with van der Waals surface area (Å²) in [4.78, 5) is 4.06. The number of hydrogen-bond acceptors (Lipinski definition) is 3. The minimum absolute atomic E-state index is 0.130. The van der Waals surface area contributed by atoms with Crippen molar-refractivity contribution in [3.8, 4) is 0 Å². The van der Waals surface area contributed by atoms with Gasteiger partial charge in [0.25, 0.3) is 0 Å². The van der Waals surface area contributed by atoms with Gasteiger partial charge in [0.1, 0.15) is 5.82 Å². The van der Waals surface area contributed by atoms with E-state index in [0.717, 1.165) is 18.6 Å². The molecule has 0 bridgehead atoms. The van der Waals surface area contributed by atoms with E-state index in [-0.39, 0.29) is 12.0 Å². The number of benzene rings is 1. The third-order valence-corrected chi connectivity index (χ3v) is 3.28. The first-order valence-corrected chi connectivity index (χ1v) is 5.91. The molecule has 100 valence electrons. The largest absolute Gasteiger partial charge is 0.366 e. The van der Waals surface area contributed by atoms with Crippen molar-refractivity contribution in [3.05, 3.63) is 41.0 Å². The molecule has 2 aromatic rings. The Bertz CT molecular complexity index is 615. The van der Waals surface area contributed by atoms with Crippen LogP contribution in [0.5, 0.6) is 0 Å². The number of anilines is 1. The first-order chi connectivity index (χ1) is 9.06. The summed E-state index contributed by atoms with van der Waals surface area (Å²) in [5, 5.41) is 4.04. The molecule has 1 unspecified atom stereocenters. The van der Waals surface area contributed by atoms with E-state index < -0.39 is 17.5 Å². The van der Waals surface area contributed by atoms with Crippen LogP contribution in [0.25, 0.3) is 0 Å². The first kappa shape index (κ1) is 12.0. The van der Waals surface area contributed by atoms with Crippen molar-refractivity contribution in [1.29, 1.82) is 0 Å². The third kappa shape index (κ3) is 1.94. The lowest BCUT2D eigenvalue weighted by molar-refractivity contribution is 0.400. The summed E-state index contributed by atoms with van der Waals surface area (Å²) in [5.41, 5.74) is 5.87. The number of rotatable bonds is 1. The van der Waals surface area contributed by atoms with E-state index in [9.17, 15) is 13.2 Å². The van der Waals surface area contributed by atoms with Gasteiger partial charge in [-0.2, -0.15) is 4.98 Å². The van der Waals surface area contributed by atoms with Crippen molar-refractivity contribution in [3.63, 3.8) is 0 Å². The summed E-state index contributed by atoms with van der Waals surface area (Å²) in [6.07, 6.45) is 2.18. The molecule has 1 atom stereocenters. The number of aromatic nitrogens is 3. The predicted octanol–water partition coefficient (Wildman–Crippen LogP) is 2.20. The lowest BCUT2D eigenvalue weighted by Gasteiger charge is -2.23. The van der Waals surface area contributed by atoms with Gasteiger partial charge in [0, 0.05) is 6.42 Å². The molecule has 0 fully saturated rings. The summed E-state index contributed by atoms with van der Waals surface area (Å²) >= 11 is 0. The van der Waals surface area contributed by atoms with Crippen molar-refractivity contribution >= 4 is 5.95 Å². The average molecular weight is 268 g/mol. The molecule has 1 aliphatic heterocycles. The van der Waals surface area contributed by atoms with Gasteiger partial charge in [0.05, 0.1) is 6.04 Å². The molecular weight excluding hydrogens is 257 g/mol. The van der Waals surface area contributed by atoms with Crippen molar-refractivity contribution in [2.45, 2.75) is 25.3 Å². The highest BCUT2D eigenvalue weighted by atomic mass is 19.2. The standard InChI is InChI=1S/C12H11F3N4/c13-7-4-6(5-8(14)11(7)15)9-2-1-3-10-17-12(16)18-19(9)10/h4-5,9H,1-3H2,(H2,16,18). The molecule has 0 spiro atoms. The zero-order valence-electron chi connectivity index (χ0n) is 9.91. The zero-order chi connectivity index (χ0) is 13.6. The second-order valence-electron chi connectivity index (χ2n) is 4.54. The Hall–Kier alpha value is -2.05. The highest BCUT2D eigenvalue weighted by Gasteiger charge is 2.26. The number of nitrogen functional groups attached to an aromatic ring is 1. The number of aryl methyl sites for hydroxylation is 1. The molecule has 0 amide bonds. The van der Waals surface area contributed by atoms with E-state index in [1.54, 1.807) is 4.68 Å². The molecule has 0 saturated heterocycles. The van der Waals surface area contributed by atoms with Crippen LogP contribution in [0, 0.1) is 17.5 Å². The van der Waals surface area contributed by atoms with Crippen molar-refractivity contribution in [1.82, 2.24) is 14.8 Å². The van der Waals surface area contributed by atoms with E-state index in [2.05, 4.69) is 10.1 Å². The third-order valence-electron chi connectivity index (χ3n) is 3.28. The highest BCUT2D eigenvalue weighted by Crippen LogP contribution is 2.31. The molecule has 1 aromatic heterocycles. The summed E-state index contributed by atoms with van der Waals surface area (Å²) < 4.78 is 41.1. The van der Waals surface area contributed by atoms with Gasteiger partial charge < -0.3 is 5.73 Å². The maximum absolute atomic E-state index is 13.3. The van der Waals surface area contributed by atoms with Crippen molar-refractivity contribution < 1.29 is 13.2 Å². The minimum Gasteiger partial charge on any atom is -0.366 e. The topological polar surface area (TPSA) is 56.7 Å². The van der Waals surface area contributed by atoms with Gasteiger partial charge in [0.15, 0.2) is 17.5 Å². The fraction of sp³-hybridized carbons (Fsp3) is 0.333. The fourth-order valence-corrected chi connectivity index (χ4v) is 2.45. The summed E-state index contributed by atoms with van der Waals surface area (Å²) in [7, 11) is 0. The van der Waals surface area contributed by atoms with Crippen LogP contribution in [-0.4, -0.2) is 14.8 Å². The van der Waals surface area contributed by atoms with Crippen LogP contribution in [0.3, 0.4) is 0 Å². The number of nitrogens with two attached hydrogens (primary N) is 1. The summed E-state index contributed by atoms with van der Waals surface area (Å²) in [6, 6.07) is 1.63. The van der Waals surface area contributed by atoms with Gasteiger partial charge in [-0.3, -0.25) is 0 Å². The maximum atomic E-state index is 13.3.